The van der Waals surface area contributed by atoms with Gasteiger partial charge in [0.1, 0.15) is 5.69 Å². The number of nitrogens with zero attached hydrogens (tertiary/aromatic N) is 4. The maximum Gasteiger partial charge on any atom is 0.251 e. The van der Waals surface area contributed by atoms with Gasteiger partial charge in [-0.1, -0.05) is 29.5 Å². The normalized spacial score (nSPS) is 22.3. The topological polar surface area (TPSA) is 102 Å². The maximum absolute atomic E-state index is 12.7. The first-order valence-electron chi connectivity index (χ1n) is 12.5. The van der Waals surface area contributed by atoms with Crippen molar-refractivity contribution in [3.63, 3.8) is 0 Å². The number of rotatable bonds is 6. The van der Waals surface area contributed by atoms with E-state index in [1.165, 1.54) is 5.56 Å². The van der Waals surface area contributed by atoms with Crippen molar-refractivity contribution in [1.29, 1.82) is 0 Å². The summed E-state index contributed by atoms with van der Waals surface area (Å²) >= 11 is 0. The van der Waals surface area contributed by atoms with Crippen LogP contribution in [0, 0.1) is 0 Å². The molecule has 1 saturated carbocycles. The Morgan fingerprint density at radius 2 is 1.92 bits per heavy atom. The number of fused-ring (bicyclic) bond motifs is 1. The SMILES string of the molecule is O=C(NC1CC(O)(Cn2cc(-c3ccc4ncccc4c3)nn2)C1)c1ccc(C2CCOCC2)cc1. The molecule has 2 fully saturated rings. The van der Waals surface area contributed by atoms with E-state index in [0.29, 0.717) is 30.9 Å². The van der Waals surface area contributed by atoms with E-state index in [1.54, 1.807) is 10.9 Å². The molecule has 0 unspecified atom stereocenters. The van der Waals surface area contributed by atoms with Crippen molar-refractivity contribution >= 4 is 16.8 Å². The Morgan fingerprint density at radius 1 is 1.11 bits per heavy atom. The van der Waals surface area contributed by atoms with Crippen LogP contribution in [-0.4, -0.2) is 55.8 Å². The van der Waals surface area contributed by atoms with Crippen LogP contribution in [0.3, 0.4) is 0 Å². The van der Waals surface area contributed by atoms with E-state index < -0.39 is 5.60 Å². The Hall–Kier alpha value is -3.62. The lowest BCUT2D eigenvalue weighted by atomic mass is 9.75. The molecule has 1 aliphatic carbocycles. The van der Waals surface area contributed by atoms with Crippen LogP contribution in [0.15, 0.2) is 67.0 Å². The molecule has 2 aromatic heterocycles. The molecular formula is C28H29N5O3. The third-order valence-corrected chi connectivity index (χ3v) is 7.35. The summed E-state index contributed by atoms with van der Waals surface area (Å²) in [6, 6.07) is 17.7. The Kier molecular flexibility index (Phi) is 5.99. The highest BCUT2D eigenvalue weighted by Crippen LogP contribution is 2.34. The molecule has 184 valence electrons. The number of amides is 1. The van der Waals surface area contributed by atoms with Crippen molar-refractivity contribution in [3.8, 4) is 11.3 Å². The van der Waals surface area contributed by atoms with Crippen LogP contribution in [0.4, 0.5) is 0 Å². The van der Waals surface area contributed by atoms with Crippen molar-refractivity contribution in [2.75, 3.05) is 13.2 Å². The highest BCUT2D eigenvalue weighted by Gasteiger charge is 2.44. The Morgan fingerprint density at radius 3 is 2.72 bits per heavy atom. The zero-order valence-corrected chi connectivity index (χ0v) is 20.0. The number of hydrogen-bond acceptors (Lipinski definition) is 6. The van der Waals surface area contributed by atoms with Gasteiger partial charge in [0, 0.05) is 42.0 Å². The van der Waals surface area contributed by atoms with E-state index in [1.807, 2.05) is 48.7 Å². The van der Waals surface area contributed by atoms with Gasteiger partial charge in [-0.2, -0.15) is 0 Å². The Bertz CT molecular complexity index is 1370. The highest BCUT2D eigenvalue weighted by molar-refractivity contribution is 5.94. The Balaban J connectivity index is 1.03. The van der Waals surface area contributed by atoms with Gasteiger partial charge in [-0.25, -0.2) is 4.68 Å². The van der Waals surface area contributed by atoms with Gasteiger partial charge in [0.25, 0.3) is 5.91 Å². The molecule has 0 spiro atoms. The van der Waals surface area contributed by atoms with Gasteiger partial charge in [0.2, 0.25) is 0 Å². The van der Waals surface area contributed by atoms with Gasteiger partial charge in [-0.3, -0.25) is 9.78 Å². The van der Waals surface area contributed by atoms with E-state index in [0.717, 1.165) is 48.2 Å². The highest BCUT2D eigenvalue weighted by atomic mass is 16.5. The van der Waals surface area contributed by atoms with E-state index in [4.69, 9.17) is 4.74 Å². The lowest BCUT2D eigenvalue weighted by molar-refractivity contribution is -0.0688. The van der Waals surface area contributed by atoms with E-state index >= 15 is 0 Å². The molecule has 8 heteroatoms. The van der Waals surface area contributed by atoms with Crippen molar-refractivity contribution in [2.24, 2.45) is 0 Å². The number of nitrogens with one attached hydrogen (secondary N) is 1. The quantitative estimate of drug-likeness (QED) is 0.434. The molecule has 36 heavy (non-hydrogen) atoms. The van der Waals surface area contributed by atoms with Gasteiger partial charge in [0.05, 0.1) is 23.9 Å². The molecule has 0 bridgehead atoms. The number of carbonyl (C=O) groups excluding carboxylic acids is 1. The number of pyridine rings is 1. The summed E-state index contributed by atoms with van der Waals surface area (Å²) in [6.45, 7) is 1.93. The predicted octanol–water partition coefficient (Wildman–Crippen LogP) is 3.71. The van der Waals surface area contributed by atoms with Gasteiger partial charge in [-0.15, -0.1) is 5.10 Å². The summed E-state index contributed by atoms with van der Waals surface area (Å²) in [5, 5.41) is 23.6. The molecule has 3 heterocycles. The third kappa shape index (κ3) is 4.74. The van der Waals surface area contributed by atoms with Crippen LogP contribution in [0.2, 0.25) is 0 Å². The number of aliphatic hydroxyl groups is 1. The average Bonchev–Trinajstić information content (AvgIpc) is 3.36. The van der Waals surface area contributed by atoms with Gasteiger partial charge < -0.3 is 15.2 Å². The molecule has 6 rings (SSSR count). The minimum absolute atomic E-state index is 0.0614. The van der Waals surface area contributed by atoms with Gasteiger partial charge >= 0.3 is 0 Å². The summed E-state index contributed by atoms with van der Waals surface area (Å²) in [5.41, 5.74) is 3.63. The lowest BCUT2D eigenvalue weighted by Crippen LogP contribution is -2.57. The summed E-state index contributed by atoms with van der Waals surface area (Å²) in [5.74, 6) is 0.405. The van der Waals surface area contributed by atoms with Crippen LogP contribution in [-0.2, 0) is 11.3 Å². The zero-order chi connectivity index (χ0) is 24.5. The predicted molar refractivity (Wildman–Crippen MR) is 135 cm³/mol. The zero-order valence-electron chi connectivity index (χ0n) is 20.0. The van der Waals surface area contributed by atoms with Crippen LogP contribution >= 0.6 is 0 Å². The van der Waals surface area contributed by atoms with Gasteiger partial charge in [-0.05, 0) is 67.5 Å². The molecule has 2 aliphatic rings. The second-order valence-electron chi connectivity index (χ2n) is 10.0. The minimum atomic E-state index is -0.914. The first kappa shape index (κ1) is 22.8. The molecule has 1 amide bonds. The van der Waals surface area contributed by atoms with E-state index in [2.05, 4.69) is 32.7 Å². The number of hydrogen-bond donors (Lipinski definition) is 2. The van der Waals surface area contributed by atoms with Crippen LogP contribution in [0.25, 0.3) is 22.2 Å². The summed E-state index contributed by atoms with van der Waals surface area (Å²) in [7, 11) is 0. The second kappa shape index (κ2) is 9.44. The maximum atomic E-state index is 12.7. The fraction of sp³-hybridized carbons (Fsp3) is 0.357. The monoisotopic (exact) mass is 483 g/mol. The molecule has 4 aromatic rings. The molecule has 8 nitrogen and oxygen atoms in total. The molecule has 0 radical (unpaired) electrons. The summed E-state index contributed by atoms with van der Waals surface area (Å²) in [4.78, 5) is 17.1. The second-order valence-corrected chi connectivity index (χ2v) is 10.0. The number of carbonyl (C=O) groups is 1. The summed E-state index contributed by atoms with van der Waals surface area (Å²) < 4.78 is 7.12. The van der Waals surface area contributed by atoms with Crippen molar-refractivity contribution in [2.45, 2.75) is 49.8 Å². The van der Waals surface area contributed by atoms with Crippen molar-refractivity contribution in [1.82, 2.24) is 25.3 Å². The molecule has 2 N–H and O–H groups in total. The summed E-state index contributed by atoms with van der Waals surface area (Å²) in [6.07, 6.45) is 6.64. The fourth-order valence-electron chi connectivity index (χ4n) is 5.34. The van der Waals surface area contributed by atoms with Crippen molar-refractivity contribution < 1.29 is 14.6 Å². The smallest absolute Gasteiger partial charge is 0.251 e. The van der Waals surface area contributed by atoms with Crippen LogP contribution in [0.5, 0.6) is 0 Å². The van der Waals surface area contributed by atoms with Crippen molar-refractivity contribution in [3.05, 3.63) is 78.1 Å². The van der Waals surface area contributed by atoms with Crippen LogP contribution in [0.1, 0.15) is 47.5 Å². The fourth-order valence-corrected chi connectivity index (χ4v) is 5.34. The molecule has 1 saturated heterocycles. The van der Waals surface area contributed by atoms with E-state index in [9.17, 15) is 9.90 Å². The number of ether oxygens (including phenoxy) is 1. The minimum Gasteiger partial charge on any atom is -0.388 e. The average molecular weight is 484 g/mol. The Labute approximate surface area is 209 Å². The number of benzene rings is 2. The molecule has 0 atom stereocenters. The number of aromatic nitrogens is 4. The van der Waals surface area contributed by atoms with Gasteiger partial charge in [0.15, 0.2) is 0 Å². The molecule has 2 aromatic carbocycles. The van der Waals surface area contributed by atoms with Crippen LogP contribution < -0.4 is 5.32 Å². The third-order valence-electron chi connectivity index (χ3n) is 7.35. The lowest BCUT2D eigenvalue weighted by Gasteiger charge is -2.43. The van der Waals surface area contributed by atoms with E-state index in [-0.39, 0.29) is 11.9 Å². The molecular weight excluding hydrogens is 454 g/mol. The first-order valence-corrected chi connectivity index (χ1v) is 12.5. The molecule has 1 aliphatic heterocycles. The standard InChI is InChI=1S/C28H29N5O3/c34-27(21-5-3-19(4-6-21)20-9-12-36-13-10-20)30-24-15-28(35,16-24)18-33-17-26(31-32-33)23-7-8-25-22(14-23)2-1-11-29-25/h1-8,11,14,17,20,24,35H,9-10,12-13,15-16,18H2,(H,30,34). The largest absolute Gasteiger partial charge is 0.388 e. The first-order chi connectivity index (χ1) is 17.5.